The molecule has 0 atom stereocenters. The van der Waals surface area contributed by atoms with Crippen LogP contribution in [-0.2, 0) is 9.47 Å². The van der Waals surface area contributed by atoms with E-state index in [-0.39, 0.29) is 6.10 Å². The Morgan fingerprint density at radius 2 is 1.89 bits per heavy atom. The van der Waals surface area contributed by atoms with Crippen LogP contribution in [0.15, 0.2) is 42.5 Å². The Morgan fingerprint density at radius 1 is 1.16 bits per heavy atom. The summed E-state index contributed by atoms with van der Waals surface area (Å²) in [6.45, 7) is 6.53. The van der Waals surface area contributed by atoms with Gasteiger partial charge in [-0.25, -0.2) is 4.79 Å². The number of hydrogen-bond acceptors (Lipinski definition) is 6. The van der Waals surface area contributed by atoms with Crippen molar-refractivity contribution in [2.45, 2.75) is 45.3 Å². The van der Waals surface area contributed by atoms with Crippen LogP contribution in [0.3, 0.4) is 0 Å². The molecule has 37 heavy (non-hydrogen) atoms. The molecule has 1 aromatic heterocycles. The molecule has 0 spiro atoms. The summed E-state index contributed by atoms with van der Waals surface area (Å²) in [5.41, 5.74) is 4.17. The molecule has 1 fully saturated rings. The fourth-order valence-corrected chi connectivity index (χ4v) is 4.55. The molecular weight excluding hydrogens is 468 g/mol. The molecule has 0 bridgehead atoms. The lowest BCUT2D eigenvalue weighted by atomic mass is 9.92. The van der Waals surface area contributed by atoms with Crippen molar-refractivity contribution in [3.63, 3.8) is 0 Å². The molecule has 1 heterocycles. The van der Waals surface area contributed by atoms with Crippen LogP contribution < -0.4 is 10.1 Å². The van der Waals surface area contributed by atoms with Crippen molar-refractivity contribution in [2.24, 2.45) is 0 Å². The molecule has 196 valence electrons. The SMILES string of the molecule is COCCN(C)CCOc1ccc2c(C#N)c(-c3ccc(NC(=O)OC(C)C)cc3)n(C3CCC3)c2c1. The standard InChI is InChI=1S/C29H36N4O4/c1-20(2)37-29(34)31-22-10-8-21(9-11-22)28-26(19-30)25-13-12-24(36-17-15-32(3)14-16-35-4)18-27(25)33(28)23-6-5-7-23/h8-13,18,20,23H,5-7,14-17H2,1-4H3,(H,31,34). The number of anilines is 1. The number of nitrogens with zero attached hydrogens (tertiary/aromatic N) is 3. The summed E-state index contributed by atoms with van der Waals surface area (Å²) in [5, 5.41) is 13.9. The first-order chi connectivity index (χ1) is 17.9. The van der Waals surface area contributed by atoms with E-state index in [0.29, 0.717) is 30.5 Å². The number of fused-ring (bicyclic) bond motifs is 1. The van der Waals surface area contributed by atoms with Crippen LogP contribution in [0.5, 0.6) is 5.75 Å². The summed E-state index contributed by atoms with van der Waals surface area (Å²) in [7, 11) is 3.75. The molecule has 8 nitrogen and oxygen atoms in total. The number of nitriles is 1. The average Bonchev–Trinajstić information content (AvgIpc) is 3.15. The molecule has 1 N–H and O–H groups in total. The van der Waals surface area contributed by atoms with Gasteiger partial charge in [-0.1, -0.05) is 12.1 Å². The zero-order valence-corrected chi connectivity index (χ0v) is 22.1. The van der Waals surface area contributed by atoms with Gasteiger partial charge in [-0.05, 0) is 70.0 Å². The van der Waals surface area contributed by atoms with E-state index < -0.39 is 6.09 Å². The average molecular weight is 505 g/mol. The lowest BCUT2D eigenvalue weighted by Crippen LogP contribution is -2.27. The second kappa shape index (κ2) is 12.1. The molecule has 1 amide bonds. The number of ether oxygens (including phenoxy) is 3. The third-order valence-electron chi connectivity index (χ3n) is 6.69. The number of rotatable bonds is 11. The highest BCUT2D eigenvalue weighted by atomic mass is 16.6. The van der Waals surface area contributed by atoms with E-state index in [1.165, 1.54) is 6.42 Å². The number of likely N-dealkylation sites (N-methyl/N-ethyl adjacent to an activating group) is 1. The Bertz CT molecular complexity index is 1260. The molecule has 3 aromatic rings. The maximum atomic E-state index is 12.0. The summed E-state index contributed by atoms with van der Waals surface area (Å²) in [5.74, 6) is 0.796. The van der Waals surface area contributed by atoms with Crippen molar-refractivity contribution in [2.75, 3.05) is 45.8 Å². The minimum atomic E-state index is -0.485. The largest absolute Gasteiger partial charge is 0.492 e. The maximum Gasteiger partial charge on any atom is 0.411 e. The van der Waals surface area contributed by atoms with E-state index in [1.807, 2.05) is 57.3 Å². The van der Waals surface area contributed by atoms with E-state index in [9.17, 15) is 10.1 Å². The zero-order valence-electron chi connectivity index (χ0n) is 22.1. The van der Waals surface area contributed by atoms with Crippen molar-refractivity contribution < 1.29 is 19.0 Å². The van der Waals surface area contributed by atoms with Gasteiger partial charge >= 0.3 is 6.09 Å². The Hall–Kier alpha value is -3.54. The minimum absolute atomic E-state index is 0.193. The highest BCUT2D eigenvalue weighted by Crippen LogP contribution is 2.43. The zero-order chi connectivity index (χ0) is 26.4. The van der Waals surface area contributed by atoms with Crippen LogP contribution in [0.25, 0.3) is 22.2 Å². The number of nitrogens with one attached hydrogen (secondary N) is 1. The van der Waals surface area contributed by atoms with Gasteiger partial charge in [0.05, 0.1) is 29.5 Å². The Balaban J connectivity index is 1.62. The van der Waals surface area contributed by atoms with Gasteiger partial charge in [0.15, 0.2) is 0 Å². The Labute approximate surface area is 218 Å². The quantitative estimate of drug-likeness (QED) is 0.354. The first kappa shape index (κ1) is 26.5. The molecular formula is C29H36N4O4. The second-order valence-corrected chi connectivity index (χ2v) is 9.77. The lowest BCUT2D eigenvalue weighted by Gasteiger charge is -2.30. The van der Waals surface area contributed by atoms with Gasteiger partial charge in [-0.2, -0.15) is 5.26 Å². The van der Waals surface area contributed by atoms with Gasteiger partial charge in [0.25, 0.3) is 0 Å². The molecule has 8 heteroatoms. The molecule has 1 saturated carbocycles. The fourth-order valence-electron chi connectivity index (χ4n) is 4.55. The molecule has 0 saturated heterocycles. The van der Waals surface area contributed by atoms with Crippen LogP contribution in [0.2, 0.25) is 0 Å². The highest BCUT2D eigenvalue weighted by Gasteiger charge is 2.28. The molecule has 1 aliphatic rings. The normalized spacial score (nSPS) is 13.5. The first-order valence-corrected chi connectivity index (χ1v) is 12.9. The van der Waals surface area contributed by atoms with Crippen molar-refractivity contribution in [1.29, 1.82) is 5.26 Å². The fraction of sp³-hybridized carbons (Fsp3) is 0.448. The topological polar surface area (TPSA) is 88.8 Å². The van der Waals surface area contributed by atoms with E-state index in [1.54, 1.807) is 7.11 Å². The van der Waals surface area contributed by atoms with Crippen molar-refractivity contribution in [1.82, 2.24) is 9.47 Å². The van der Waals surface area contributed by atoms with E-state index >= 15 is 0 Å². The molecule has 4 rings (SSSR count). The number of carbonyl (C=O) groups excluding carboxylic acids is 1. The molecule has 2 aromatic carbocycles. The molecule has 0 radical (unpaired) electrons. The minimum Gasteiger partial charge on any atom is -0.492 e. The number of benzene rings is 2. The monoisotopic (exact) mass is 504 g/mol. The van der Waals surface area contributed by atoms with Crippen LogP contribution in [-0.4, -0.2) is 62.1 Å². The summed E-state index contributed by atoms with van der Waals surface area (Å²) >= 11 is 0. The predicted molar refractivity (Wildman–Crippen MR) is 145 cm³/mol. The Morgan fingerprint density at radius 3 is 2.51 bits per heavy atom. The van der Waals surface area contributed by atoms with Gasteiger partial charge in [0.2, 0.25) is 0 Å². The highest BCUT2D eigenvalue weighted by molar-refractivity contribution is 5.96. The van der Waals surface area contributed by atoms with Crippen LogP contribution in [0.1, 0.15) is 44.7 Å². The third-order valence-corrected chi connectivity index (χ3v) is 6.69. The second-order valence-electron chi connectivity index (χ2n) is 9.77. The third kappa shape index (κ3) is 6.24. The molecule has 0 aliphatic heterocycles. The van der Waals surface area contributed by atoms with Crippen LogP contribution in [0.4, 0.5) is 10.5 Å². The smallest absolute Gasteiger partial charge is 0.411 e. The maximum absolute atomic E-state index is 12.0. The first-order valence-electron chi connectivity index (χ1n) is 12.9. The molecule has 0 unspecified atom stereocenters. The number of hydrogen-bond donors (Lipinski definition) is 1. The van der Waals surface area contributed by atoms with Gasteiger partial charge < -0.3 is 23.7 Å². The van der Waals surface area contributed by atoms with Gasteiger partial charge in [-0.15, -0.1) is 0 Å². The van der Waals surface area contributed by atoms with Gasteiger partial charge in [0.1, 0.15) is 18.4 Å². The van der Waals surface area contributed by atoms with Gasteiger partial charge in [0, 0.05) is 43.4 Å². The molecule has 1 aliphatic carbocycles. The summed E-state index contributed by atoms with van der Waals surface area (Å²) in [6.07, 6.45) is 2.66. The lowest BCUT2D eigenvalue weighted by molar-refractivity contribution is 0.130. The Kier molecular flexibility index (Phi) is 8.70. The number of amides is 1. The summed E-state index contributed by atoms with van der Waals surface area (Å²) in [6, 6.07) is 16.4. The van der Waals surface area contributed by atoms with Crippen LogP contribution in [0, 0.1) is 11.3 Å². The van der Waals surface area contributed by atoms with Crippen molar-refractivity contribution >= 4 is 22.7 Å². The predicted octanol–water partition coefficient (Wildman–Crippen LogP) is 5.82. The van der Waals surface area contributed by atoms with Crippen LogP contribution >= 0.6 is 0 Å². The van der Waals surface area contributed by atoms with E-state index in [4.69, 9.17) is 14.2 Å². The number of carbonyl (C=O) groups is 1. The van der Waals surface area contributed by atoms with Gasteiger partial charge in [-0.3, -0.25) is 5.32 Å². The number of aromatic nitrogens is 1. The van der Waals surface area contributed by atoms with Crippen molar-refractivity contribution in [3.05, 3.63) is 48.0 Å². The van der Waals surface area contributed by atoms with E-state index in [2.05, 4.69) is 26.9 Å². The van der Waals surface area contributed by atoms with E-state index in [0.717, 1.165) is 53.8 Å². The summed E-state index contributed by atoms with van der Waals surface area (Å²) < 4.78 is 18.7. The van der Waals surface area contributed by atoms with Crippen molar-refractivity contribution in [3.8, 4) is 23.1 Å². The number of methoxy groups -OCH3 is 1. The summed E-state index contributed by atoms with van der Waals surface area (Å²) in [4.78, 5) is 14.1.